The van der Waals surface area contributed by atoms with E-state index in [1.807, 2.05) is 4.90 Å². The Morgan fingerprint density at radius 1 is 1.19 bits per heavy atom. The van der Waals surface area contributed by atoms with Crippen LogP contribution in [0.15, 0.2) is 24.3 Å². The summed E-state index contributed by atoms with van der Waals surface area (Å²) in [5, 5.41) is 11.9. The molecule has 1 aliphatic heterocycles. The second-order valence-corrected chi connectivity index (χ2v) is 6.18. The van der Waals surface area contributed by atoms with Crippen molar-refractivity contribution in [3.05, 3.63) is 35.4 Å². The average molecular weight is 288 g/mol. The van der Waals surface area contributed by atoms with Crippen LogP contribution in [0.3, 0.4) is 0 Å². The van der Waals surface area contributed by atoms with Gasteiger partial charge in [0, 0.05) is 26.2 Å². The van der Waals surface area contributed by atoms with Gasteiger partial charge >= 0.3 is 0 Å². The molecule has 4 heteroatoms. The molecule has 2 N–H and O–H groups in total. The predicted octanol–water partition coefficient (Wildman–Crippen LogP) is 1.42. The number of carbonyl (C=O) groups excluding carboxylic acids is 1. The van der Waals surface area contributed by atoms with Crippen molar-refractivity contribution in [3.63, 3.8) is 0 Å². The van der Waals surface area contributed by atoms with Crippen LogP contribution in [-0.4, -0.2) is 42.2 Å². The van der Waals surface area contributed by atoms with Crippen LogP contribution >= 0.6 is 0 Å². The maximum atomic E-state index is 12.7. The standard InChI is InChI=1S/C17H24N2O2/c20-12-9-18-13-14-3-5-15(6-4-14)17(7-8-17)16(21)19-10-1-2-11-19/h3-6,18,20H,1-2,7-13H2. The van der Waals surface area contributed by atoms with E-state index in [0.29, 0.717) is 12.5 Å². The number of aliphatic hydroxyl groups is 1. The van der Waals surface area contributed by atoms with Crippen molar-refractivity contribution in [2.24, 2.45) is 0 Å². The van der Waals surface area contributed by atoms with Crippen molar-refractivity contribution in [2.45, 2.75) is 37.6 Å². The molecular weight excluding hydrogens is 264 g/mol. The highest BCUT2D eigenvalue weighted by atomic mass is 16.3. The zero-order valence-corrected chi connectivity index (χ0v) is 12.5. The smallest absolute Gasteiger partial charge is 0.233 e. The van der Waals surface area contributed by atoms with Crippen molar-refractivity contribution in [1.82, 2.24) is 10.2 Å². The van der Waals surface area contributed by atoms with Gasteiger partial charge in [0.2, 0.25) is 5.91 Å². The topological polar surface area (TPSA) is 52.6 Å². The van der Waals surface area contributed by atoms with Crippen molar-refractivity contribution < 1.29 is 9.90 Å². The zero-order valence-electron chi connectivity index (χ0n) is 12.5. The van der Waals surface area contributed by atoms with Gasteiger partial charge in [-0.05, 0) is 36.8 Å². The summed E-state index contributed by atoms with van der Waals surface area (Å²) in [5.74, 6) is 0.339. The average Bonchev–Trinajstić information content (AvgIpc) is 3.14. The lowest BCUT2D eigenvalue weighted by atomic mass is 9.93. The Balaban J connectivity index is 1.67. The van der Waals surface area contributed by atoms with Gasteiger partial charge in [-0.25, -0.2) is 0 Å². The number of nitrogens with one attached hydrogen (secondary N) is 1. The molecule has 0 spiro atoms. The fraction of sp³-hybridized carbons (Fsp3) is 0.588. The molecule has 1 aromatic rings. The number of aliphatic hydroxyl groups excluding tert-OH is 1. The summed E-state index contributed by atoms with van der Waals surface area (Å²) in [6.07, 6.45) is 4.28. The summed E-state index contributed by atoms with van der Waals surface area (Å²) in [5.41, 5.74) is 2.14. The van der Waals surface area contributed by atoms with E-state index < -0.39 is 0 Å². The molecule has 0 unspecified atom stereocenters. The Hall–Kier alpha value is -1.39. The lowest BCUT2D eigenvalue weighted by molar-refractivity contribution is -0.132. The molecule has 2 aliphatic rings. The number of hydrogen-bond acceptors (Lipinski definition) is 3. The molecule has 2 fully saturated rings. The highest BCUT2D eigenvalue weighted by molar-refractivity contribution is 5.91. The molecule has 0 atom stereocenters. The second-order valence-electron chi connectivity index (χ2n) is 6.18. The first-order valence-electron chi connectivity index (χ1n) is 7.97. The third-order valence-corrected chi connectivity index (χ3v) is 4.68. The second kappa shape index (κ2) is 6.16. The number of benzene rings is 1. The van der Waals surface area contributed by atoms with Crippen LogP contribution in [-0.2, 0) is 16.8 Å². The zero-order chi connectivity index (χ0) is 14.7. The maximum absolute atomic E-state index is 12.7. The Labute approximate surface area is 126 Å². The van der Waals surface area contributed by atoms with Crippen molar-refractivity contribution in [1.29, 1.82) is 0 Å². The molecule has 1 aliphatic carbocycles. The number of rotatable bonds is 6. The van der Waals surface area contributed by atoms with Crippen LogP contribution in [0.4, 0.5) is 0 Å². The number of nitrogens with zero attached hydrogens (tertiary/aromatic N) is 1. The minimum atomic E-state index is -0.221. The van der Waals surface area contributed by atoms with Crippen LogP contribution in [0.1, 0.15) is 36.8 Å². The Morgan fingerprint density at radius 3 is 2.43 bits per heavy atom. The molecule has 1 aromatic carbocycles. The van der Waals surface area contributed by atoms with Gasteiger partial charge in [0.15, 0.2) is 0 Å². The number of likely N-dealkylation sites (tertiary alicyclic amines) is 1. The summed E-state index contributed by atoms with van der Waals surface area (Å²) in [6, 6.07) is 8.40. The maximum Gasteiger partial charge on any atom is 0.233 e. The van der Waals surface area contributed by atoms with E-state index in [9.17, 15) is 4.79 Å². The van der Waals surface area contributed by atoms with Gasteiger partial charge in [0.1, 0.15) is 0 Å². The highest BCUT2D eigenvalue weighted by Crippen LogP contribution is 2.50. The summed E-state index contributed by atoms with van der Waals surface area (Å²) in [6.45, 7) is 3.39. The summed E-state index contributed by atoms with van der Waals surface area (Å²) >= 11 is 0. The summed E-state index contributed by atoms with van der Waals surface area (Å²) in [4.78, 5) is 14.8. The molecule has 3 rings (SSSR count). The molecule has 21 heavy (non-hydrogen) atoms. The SMILES string of the molecule is O=C(N1CCCC1)C1(c2ccc(CNCCO)cc2)CC1. The Bertz CT molecular complexity index is 488. The molecule has 1 saturated heterocycles. The Morgan fingerprint density at radius 2 is 1.86 bits per heavy atom. The lowest BCUT2D eigenvalue weighted by Gasteiger charge is -2.23. The third kappa shape index (κ3) is 2.97. The Kier molecular flexibility index (Phi) is 4.27. The largest absolute Gasteiger partial charge is 0.395 e. The first-order valence-corrected chi connectivity index (χ1v) is 7.97. The van der Waals surface area contributed by atoms with Gasteiger partial charge in [0.25, 0.3) is 0 Å². The molecule has 4 nitrogen and oxygen atoms in total. The molecule has 0 aromatic heterocycles. The molecule has 1 amide bonds. The van der Waals surface area contributed by atoms with Crippen LogP contribution < -0.4 is 5.32 Å². The van der Waals surface area contributed by atoms with Gasteiger partial charge < -0.3 is 15.3 Å². The minimum absolute atomic E-state index is 0.158. The first-order chi connectivity index (χ1) is 10.3. The van der Waals surface area contributed by atoms with Crippen LogP contribution in [0, 0.1) is 0 Å². The van der Waals surface area contributed by atoms with Gasteiger partial charge in [0.05, 0.1) is 12.0 Å². The van der Waals surface area contributed by atoms with E-state index >= 15 is 0 Å². The fourth-order valence-corrected chi connectivity index (χ4v) is 3.23. The van der Waals surface area contributed by atoms with E-state index in [-0.39, 0.29) is 12.0 Å². The van der Waals surface area contributed by atoms with Crippen molar-refractivity contribution >= 4 is 5.91 Å². The van der Waals surface area contributed by atoms with E-state index in [1.165, 1.54) is 11.1 Å². The highest BCUT2D eigenvalue weighted by Gasteiger charge is 2.53. The molecule has 0 bridgehead atoms. The van der Waals surface area contributed by atoms with Crippen LogP contribution in [0.5, 0.6) is 0 Å². The molecular formula is C17H24N2O2. The van der Waals surface area contributed by atoms with Crippen molar-refractivity contribution in [3.8, 4) is 0 Å². The molecule has 0 radical (unpaired) electrons. The number of carbonyl (C=O) groups is 1. The van der Waals surface area contributed by atoms with Gasteiger partial charge in [-0.15, -0.1) is 0 Å². The number of amides is 1. The summed E-state index contributed by atoms with van der Waals surface area (Å²) < 4.78 is 0. The third-order valence-electron chi connectivity index (χ3n) is 4.68. The van der Waals surface area contributed by atoms with E-state index in [2.05, 4.69) is 29.6 Å². The van der Waals surface area contributed by atoms with Crippen LogP contribution in [0.2, 0.25) is 0 Å². The van der Waals surface area contributed by atoms with Gasteiger partial charge in [-0.3, -0.25) is 4.79 Å². The lowest BCUT2D eigenvalue weighted by Crippen LogP contribution is -2.37. The first kappa shape index (κ1) is 14.5. The molecule has 1 heterocycles. The van der Waals surface area contributed by atoms with E-state index in [0.717, 1.165) is 45.3 Å². The minimum Gasteiger partial charge on any atom is -0.395 e. The van der Waals surface area contributed by atoms with Crippen LogP contribution in [0.25, 0.3) is 0 Å². The molecule has 114 valence electrons. The predicted molar refractivity (Wildman–Crippen MR) is 82.0 cm³/mol. The van der Waals surface area contributed by atoms with Crippen molar-refractivity contribution in [2.75, 3.05) is 26.2 Å². The molecule has 1 saturated carbocycles. The quantitative estimate of drug-likeness (QED) is 0.779. The monoisotopic (exact) mass is 288 g/mol. The van der Waals surface area contributed by atoms with E-state index in [1.54, 1.807) is 0 Å². The fourth-order valence-electron chi connectivity index (χ4n) is 3.23. The van der Waals surface area contributed by atoms with E-state index in [4.69, 9.17) is 5.11 Å². The van der Waals surface area contributed by atoms with Gasteiger partial charge in [-0.1, -0.05) is 24.3 Å². The number of hydrogen-bond donors (Lipinski definition) is 2. The summed E-state index contributed by atoms with van der Waals surface area (Å²) in [7, 11) is 0. The van der Waals surface area contributed by atoms with Gasteiger partial charge in [-0.2, -0.15) is 0 Å². The normalized spacial score (nSPS) is 19.8.